The summed E-state index contributed by atoms with van der Waals surface area (Å²) in [5.74, 6) is -0.742. The SMILES string of the molecule is CCOC(=O)C(=N)C1=C(NC(C)c2ccccc2C(F)(F)F)CCNC1. The van der Waals surface area contributed by atoms with Gasteiger partial charge in [0.05, 0.1) is 12.2 Å². The van der Waals surface area contributed by atoms with E-state index in [-0.39, 0.29) is 24.4 Å². The maximum atomic E-state index is 13.2. The predicted molar refractivity (Wildman–Crippen MR) is 91.9 cm³/mol. The van der Waals surface area contributed by atoms with Gasteiger partial charge < -0.3 is 15.4 Å². The summed E-state index contributed by atoms with van der Waals surface area (Å²) >= 11 is 0. The molecular weight excluding hydrogens is 347 g/mol. The minimum absolute atomic E-state index is 0.119. The van der Waals surface area contributed by atoms with E-state index in [1.165, 1.54) is 12.1 Å². The largest absolute Gasteiger partial charge is 0.461 e. The fraction of sp³-hybridized carbons (Fsp3) is 0.444. The molecule has 0 aliphatic carbocycles. The maximum absolute atomic E-state index is 13.2. The average Bonchev–Trinajstić information content (AvgIpc) is 2.61. The molecular formula is C18H22F3N3O2. The van der Waals surface area contributed by atoms with Crippen molar-refractivity contribution in [2.75, 3.05) is 19.7 Å². The van der Waals surface area contributed by atoms with Gasteiger partial charge in [0.2, 0.25) is 0 Å². The van der Waals surface area contributed by atoms with E-state index in [4.69, 9.17) is 10.1 Å². The lowest BCUT2D eigenvalue weighted by atomic mass is 9.98. The number of nitrogens with one attached hydrogen (secondary N) is 3. The Labute approximate surface area is 150 Å². The lowest BCUT2D eigenvalue weighted by molar-refractivity contribution is -0.138. The average molecular weight is 369 g/mol. The lowest BCUT2D eigenvalue weighted by Gasteiger charge is -2.27. The molecule has 3 N–H and O–H groups in total. The summed E-state index contributed by atoms with van der Waals surface area (Å²) < 4.78 is 44.6. The molecule has 1 aromatic carbocycles. The number of benzene rings is 1. The molecule has 26 heavy (non-hydrogen) atoms. The minimum atomic E-state index is -4.45. The van der Waals surface area contributed by atoms with Crippen LogP contribution in [0.3, 0.4) is 0 Å². The van der Waals surface area contributed by atoms with Gasteiger partial charge in [0.25, 0.3) is 0 Å². The number of rotatable bonds is 6. The van der Waals surface area contributed by atoms with Crippen molar-refractivity contribution < 1.29 is 22.7 Å². The molecule has 0 saturated carbocycles. The molecule has 8 heteroatoms. The highest BCUT2D eigenvalue weighted by molar-refractivity contribution is 6.42. The van der Waals surface area contributed by atoms with Crippen LogP contribution in [0.15, 0.2) is 35.5 Å². The Morgan fingerprint density at radius 1 is 1.38 bits per heavy atom. The predicted octanol–water partition coefficient (Wildman–Crippen LogP) is 3.19. The minimum Gasteiger partial charge on any atom is -0.461 e. The monoisotopic (exact) mass is 369 g/mol. The van der Waals surface area contributed by atoms with E-state index in [1.54, 1.807) is 19.9 Å². The Morgan fingerprint density at radius 3 is 2.73 bits per heavy atom. The van der Waals surface area contributed by atoms with Crippen molar-refractivity contribution in [1.29, 1.82) is 5.41 Å². The van der Waals surface area contributed by atoms with E-state index >= 15 is 0 Å². The molecule has 0 amide bonds. The van der Waals surface area contributed by atoms with Crippen molar-refractivity contribution in [3.8, 4) is 0 Å². The van der Waals surface area contributed by atoms with E-state index in [0.717, 1.165) is 6.07 Å². The first kappa shape index (κ1) is 20.0. The van der Waals surface area contributed by atoms with Crippen LogP contribution in [0.25, 0.3) is 0 Å². The quantitative estimate of drug-likeness (QED) is 0.532. The van der Waals surface area contributed by atoms with Crippen LogP contribution >= 0.6 is 0 Å². The van der Waals surface area contributed by atoms with E-state index in [0.29, 0.717) is 24.2 Å². The Balaban J connectivity index is 2.30. The number of carbonyl (C=O) groups excluding carboxylic acids is 1. The van der Waals surface area contributed by atoms with Crippen LogP contribution < -0.4 is 10.6 Å². The first-order valence-corrected chi connectivity index (χ1v) is 8.37. The maximum Gasteiger partial charge on any atom is 0.416 e. The van der Waals surface area contributed by atoms with E-state index in [9.17, 15) is 18.0 Å². The van der Waals surface area contributed by atoms with Crippen molar-refractivity contribution in [1.82, 2.24) is 10.6 Å². The summed E-state index contributed by atoms with van der Waals surface area (Å²) in [6.07, 6.45) is -3.97. The van der Waals surface area contributed by atoms with Crippen molar-refractivity contribution in [3.05, 3.63) is 46.7 Å². The second-order valence-corrected chi connectivity index (χ2v) is 5.93. The molecule has 0 bridgehead atoms. The van der Waals surface area contributed by atoms with Gasteiger partial charge in [-0.05, 0) is 25.5 Å². The van der Waals surface area contributed by atoms with Gasteiger partial charge in [0.1, 0.15) is 5.71 Å². The zero-order valence-electron chi connectivity index (χ0n) is 14.7. The summed E-state index contributed by atoms with van der Waals surface area (Å²) in [5, 5.41) is 14.2. The molecule has 1 aliphatic heterocycles. The van der Waals surface area contributed by atoms with Crippen molar-refractivity contribution in [2.24, 2.45) is 0 Å². The molecule has 142 valence electrons. The molecule has 1 atom stereocenters. The van der Waals surface area contributed by atoms with E-state index in [1.807, 2.05) is 0 Å². The van der Waals surface area contributed by atoms with Gasteiger partial charge in [0, 0.05) is 36.8 Å². The number of halogens is 3. The molecule has 1 aromatic rings. The standard InChI is InChI=1S/C18H22F3N3O2/c1-3-26-17(25)16(22)13-10-23-9-8-15(13)24-11(2)12-6-4-5-7-14(12)18(19,20)21/h4-7,11,22-24H,3,8-10H2,1-2H3. The van der Waals surface area contributed by atoms with Crippen molar-refractivity contribution in [3.63, 3.8) is 0 Å². The third-order valence-corrected chi connectivity index (χ3v) is 4.12. The first-order chi connectivity index (χ1) is 12.3. The number of alkyl halides is 3. The summed E-state index contributed by atoms with van der Waals surface area (Å²) in [4.78, 5) is 11.8. The zero-order chi connectivity index (χ0) is 19.3. The van der Waals surface area contributed by atoms with Crippen molar-refractivity contribution in [2.45, 2.75) is 32.5 Å². The molecule has 2 rings (SSSR count). The van der Waals surface area contributed by atoms with Crippen LogP contribution in [0.1, 0.15) is 37.4 Å². The molecule has 1 unspecified atom stereocenters. The van der Waals surface area contributed by atoms with Crippen LogP contribution in [-0.2, 0) is 15.7 Å². The van der Waals surface area contributed by atoms with Gasteiger partial charge in [-0.3, -0.25) is 5.41 Å². The van der Waals surface area contributed by atoms with Crippen LogP contribution in [0.2, 0.25) is 0 Å². The molecule has 1 aliphatic rings. The third kappa shape index (κ3) is 4.63. The molecule has 0 fully saturated rings. The molecule has 0 saturated heterocycles. The number of carbonyl (C=O) groups is 1. The van der Waals surface area contributed by atoms with Gasteiger partial charge in [-0.25, -0.2) is 4.79 Å². The van der Waals surface area contributed by atoms with Gasteiger partial charge in [-0.2, -0.15) is 13.2 Å². The summed E-state index contributed by atoms with van der Waals surface area (Å²) in [6.45, 7) is 4.32. The molecule has 1 heterocycles. The molecule has 0 aromatic heterocycles. The highest BCUT2D eigenvalue weighted by atomic mass is 19.4. The number of esters is 1. The fourth-order valence-corrected chi connectivity index (χ4v) is 2.88. The molecule has 0 spiro atoms. The summed E-state index contributed by atoms with van der Waals surface area (Å²) in [6, 6.07) is 4.75. The van der Waals surface area contributed by atoms with Gasteiger partial charge in [-0.15, -0.1) is 0 Å². The molecule has 0 radical (unpaired) electrons. The highest BCUT2D eigenvalue weighted by Crippen LogP contribution is 2.34. The first-order valence-electron chi connectivity index (χ1n) is 8.37. The summed E-state index contributed by atoms with van der Waals surface area (Å²) in [7, 11) is 0. The van der Waals surface area contributed by atoms with E-state index in [2.05, 4.69) is 10.6 Å². The second kappa shape index (κ2) is 8.35. The second-order valence-electron chi connectivity index (χ2n) is 5.93. The topological polar surface area (TPSA) is 74.2 Å². The van der Waals surface area contributed by atoms with Crippen LogP contribution in [0, 0.1) is 5.41 Å². The summed E-state index contributed by atoms with van der Waals surface area (Å²) in [5.41, 5.74) is 0.153. The van der Waals surface area contributed by atoms with Crippen molar-refractivity contribution >= 4 is 11.7 Å². The van der Waals surface area contributed by atoms with E-state index < -0.39 is 23.8 Å². The Kier molecular flexibility index (Phi) is 6.42. The Morgan fingerprint density at radius 2 is 2.08 bits per heavy atom. The van der Waals surface area contributed by atoms with Crippen LogP contribution in [-0.4, -0.2) is 31.4 Å². The number of hydrogen-bond acceptors (Lipinski definition) is 5. The number of hydrogen-bond donors (Lipinski definition) is 3. The van der Waals surface area contributed by atoms with Gasteiger partial charge in [0.15, 0.2) is 0 Å². The Bertz CT molecular complexity index is 714. The lowest BCUT2D eigenvalue weighted by Crippen LogP contribution is -2.36. The van der Waals surface area contributed by atoms with Gasteiger partial charge >= 0.3 is 12.1 Å². The fourth-order valence-electron chi connectivity index (χ4n) is 2.88. The van der Waals surface area contributed by atoms with Crippen LogP contribution in [0.5, 0.6) is 0 Å². The molecule has 5 nitrogen and oxygen atoms in total. The Hall–Kier alpha value is -2.35. The van der Waals surface area contributed by atoms with Crippen LogP contribution in [0.4, 0.5) is 13.2 Å². The highest BCUT2D eigenvalue weighted by Gasteiger charge is 2.34. The normalized spacial score (nSPS) is 16.2. The number of ether oxygens (including phenoxy) is 1. The van der Waals surface area contributed by atoms with Gasteiger partial charge in [-0.1, -0.05) is 18.2 Å². The smallest absolute Gasteiger partial charge is 0.416 e. The zero-order valence-corrected chi connectivity index (χ0v) is 14.7. The third-order valence-electron chi connectivity index (χ3n) is 4.12.